The van der Waals surface area contributed by atoms with Crippen LogP contribution in [0.5, 0.6) is 0 Å². The lowest BCUT2D eigenvalue weighted by Crippen LogP contribution is -2.03. The first-order valence-electron chi connectivity index (χ1n) is 20.8. The molecule has 0 atom stereocenters. The molecule has 5 heteroatoms. The third kappa shape index (κ3) is 5.98. The Hall–Kier alpha value is -8.41. The average molecular weight is 794 g/mol. The predicted molar refractivity (Wildman–Crippen MR) is 252 cm³/mol. The lowest BCUT2D eigenvalue weighted by atomic mass is 9.85. The highest BCUT2D eigenvalue weighted by molar-refractivity contribution is 6.11. The van der Waals surface area contributed by atoms with Gasteiger partial charge in [0.1, 0.15) is 22.3 Å². The van der Waals surface area contributed by atoms with E-state index < -0.39 is 0 Å². The van der Waals surface area contributed by atoms with Crippen LogP contribution in [0.25, 0.3) is 123 Å². The van der Waals surface area contributed by atoms with Crippen molar-refractivity contribution in [3.63, 3.8) is 0 Å². The van der Waals surface area contributed by atoms with Crippen molar-refractivity contribution < 1.29 is 8.83 Å². The van der Waals surface area contributed by atoms with E-state index in [2.05, 4.69) is 152 Å². The minimum absolute atomic E-state index is 0.496. The van der Waals surface area contributed by atoms with E-state index in [0.29, 0.717) is 17.5 Å². The quantitative estimate of drug-likeness (QED) is 0.161. The van der Waals surface area contributed by atoms with Crippen LogP contribution in [0.1, 0.15) is 0 Å². The Morgan fingerprint density at radius 3 is 1.23 bits per heavy atom. The van der Waals surface area contributed by atoms with Gasteiger partial charge in [-0.05, 0) is 80.9 Å². The summed E-state index contributed by atoms with van der Waals surface area (Å²) in [7, 11) is 0. The average Bonchev–Trinajstić information content (AvgIpc) is 3.93. The molecule has 0 radical (unpaired) electrons. The van der Waals surface area contributed by atoms with Gasteiger partial charge >= 0.3 is 0 Å². The van der Waals surface area contributed by atoms with Crippen LogP contribution in [0, 0.1) is 0 Å². The number of para-hydroxylation sites is 4. The molecule has 9 aromatic carbocycles. The Kier molecular flexibility index (Phi) is 8.42. The van der Waals surface area contributed by atoms with Gasteiger partial charge in [-0.25, -0.2) is 15.0 Å². The molecule has 0 amide bonds. The largest absolute Gasteiger partial charge is 0.455 e. The number of rotatable bonds is 7. The number of hydrogen-bond acceptors (Lipinski definition) is 5. The SMILES string of the molecule is c1ccc(-c2cc(-c3ccccc3)c(-c3nc(-c4cccc5c4oc4ccccc45)nc(-c4cccc5c4oc4ccccc45)n3)c(-c3ccccc3-c3ccccc3)c2)cc1. The second-order valence-electron chi connectivity index (χ2n) is 15.5. The third-order valence-corrected chi connectivity index (χ3v) is 11.8. The molecule has 0 aliphatic carbocycles. The van der Waals surface area contributed by atoms with Gasteiger partial charge in [-0.15, -0.1) is 0 Å². The first-order chi connectivity index (χ1) is 30.7. The third-order valence-electron chi connectivity index (χ3n) is 11.8. The predicted octanol–water partition coefficient (Wildman–Crippen LogP) is 15.3. The molecule has 0 aliphatic rings. The molecule has 0 N–H and O–H groups in total. The normalized spacial score (nSPS) is 11.5. The fourth-order valence-electron chi connectivity index (χ4n) is 8.90. The maximum atomic E-state index is 6.64. The zero-order valence-electron chi connectivity index (χ0n) is 33.4. The van der Waals surface area contributed by atoms with Crippen molar-refractivity contribution in [2.75, 3.05) is 0 Å². The molecule has 5 nitrogen and oxygen atoms in total. The maximum absolute atomic E-state index is 6.64. The fraction of sp³-hybridized carbons (Fsp3) is 0. The van der Waals surface area contributed by atoms with Crippen molar-refractivity contribution in [1.82, 2.24) is 15.0 Å². The maximum Gasteiger partial charge on any atom is 0.167 e. The second kappa shape index (κ2) is 14.7. The first-order valence-corrected chi connectivity index (χ1v) is 20.8. The van der Waals surface area contributed by atoms with Crippen molar-refractivity contribution >= 4 is 43.9 Å². The number of hydrogen-bond donors (Lipinski definition) is 0. The molecule has 0 bridgehead atoms. The van der Waals surface area contributed by atoms with Crippen molar-refractivity contribution in [1.29, 1.82) is 0 Å². The van der Waals surface area contributed by atoms with Crippen LogP contribution < -0.4 is 0 Å². The summed E-state index contributed by atoms with van der Waals surface area (Å²) < 4.78 is 13.3. The van der Waals surface area contributed by atoms with E-state index in [4.69, 9.17) is 23.8 Å². The summed E-state index contributed by atoms with van der Waals surface area (Å²) in [5.74, 6) is 1.52. The van der Waals surface area contributed by atoms with Crippen molar-refractivity contribution in [3.8, 4) is 78.7 Å². The number of furan rings is 2. The van der Waals surface area contributed by atoms with Gasteiger partial charge in [0, 0.05) is 27.1 Å². The standard InChI is InChI=1S/C57H35N3O2/c1-4-18-36(19-5-1)39-34-48(38-22-8-3-9-23-38)52(49(35-39)41-25-11-10-24-40(41)37-20-6-2-7-21-37)57-59-55(46-30-16-28-44-42-26-12-14-32-50(42)61-53(44)46)58-56(60-57)47-31-17-29-45-43-27-13-15-33-51(43)62-54(45)47/h1-35H. The smallest absolute Gasteiger partial charge is 0.167 e. The van der Waals surface area contributed by atoms with Gasteiger partial charge in [0.15, 0.2) is 17.5 Å². The molecule has 3 heterocycles. The van der Waals surface area contributed by atoms with Crippen LogP contribution in [0.4, 0.5) is 0 Å². The summed E-state index contributed by atoms with van der Waals surface area (Å²) in [6.07, 6.45) is 0. The fourth-order valence-corrected chi connectivity index (χ4v) is 8.90. The van der Waals surface area contributed by atoms with Crippen LogP contribution >= 0.6 is 0 Å². The van der Waals surface area contributed by atoms with E-state index in [1.807, 2.05) is 60.7 Å². The molecular formula is C57H35N3O2. The van der Waals surface area contributed by atoms with Crippen LogP contribution in [0.3, 0.4) is 0 Å². The Morgan fingerprint density at radius 1 is 0.258 bits per heavy atom. The van der Waals surface area contributed by atoms with E-state index in [1.54, 1.807) is 0 Å². The molecule has 3 aromatic heterocycles. The zero-order chi connectivity index (χ0) is 41.0. The Morgan fingerprint density at radius 2 is 0.661 bits per heavy atom. The van der Waals surface area contributed by atoms with Gasteiger partial charge < -0.3 is 8.83 Å². The molecule has 0 unspecified atom stereocenters. The molecule has 0 saturated carbocycles. The number of aromatic nitrogens is 3. The highest BCUT2D eigenvalue weighted by atomic mass is 16.3. The minimum Gasteiger partial charge on any atom is -0.455 e. The van der Waals surface area contributed by atoms with E-state index in [0.717, 1.165) is 105 Å². The number of fused-ring (bicyclic) bond motifs is 6. The topological polar surface area (TPSA) is 65.0 Å². The lowest BCUT2D eigenvalue weighted by Gasteiger charge is -2.20. The Bertz CT molecular complexity index is 3500. The van der Waals surface area contributed by atoms with Crippen molar-refractivity contribution in [2.45, 2.75) is 0 Å². The second-order valence-corrected chi connectivity index (χ2v) is 15.5. The Labute approximate surface area is 357 Å². The highest BCUT2D eigenvalue weighted by Gasteiger charge is 2.25. The molecule has 0 aliphatic heterocycles. The van der Waals surface area contributed by atoms with E-state index in [9.17, 15) is 0 Å². The van der Waals surface area contributed by atoms with Crippen molar-refractivity contribution in [2.24, 2.45) is 0 Å². The molecule has 290 valence electrons. The first kappa shape index (κ1) is 35.5. The van der Waals surface area contributed by atoms with Gasteiger partial charge in [-0.3, -0.25) is 0 Å². The van der Waals surface area contributed by atoms with Gasteiger partial charge in [0.25, 0.3) is 0 Å². The molecule has 62 heavy (non-hydrogen) atoms. The van der Waals surface area contributed by atoms with Crippen LogP contribution in [-0.4, -0.2) is 15.0 Å². The summed E-state index contributed by atoms with van der Waals surface area (Å²) in [5, 5.41) is 4.06. The van der Waals surface area contributed by atoms with E-state index >= 15 is 0 Å². The van der Waals surface area contributed by atoms with Gasteiger partial charge in [0.05, 0.1) is 11.1 Å². The van der Waals surface area contributed by atoms with Crippen LogP contribution in [0.2, 0.25) is 0 Å². The van der Waals surface area contributed by atoms with E-state index in [1.165, 1.54) is 0 Å². The van der Waals surface area contributed by atoms with Crippen LogP contribution in [-0.2, 0) is 0 Å². The van der Waals surface area contributed by atoms with E-state index in [-0.39, 0.29) is 0 Å². The summed E-state index contributed by atoms with van der Waals surface area (Å²) >= 11 is 0. The molecule has 0 fully saturated rings. The minimum atomic E-state index is 0.496. The molecular weight excluding hydrogens is 759 g/mol. The molecule has 12 rings (SSSR count). The summed E-state index contributed by atoms with van der Waals surface area (Å²) in [4.78, 5) is 16.3. The summed E-state index contributed by atoms with van der Waals surface area (Å²) in [5.41, 5.74) is 14.0. The lowest BCUT2D eigenvalue weighted by molar-refractivity contribution is 0.669. The molecule has 0 saturated heterocycles. The zero-order valence-corrected chi connectivity index (χ0v) is 33.4. The summed E-state index contributed by atoms with van der Waals surface area (Å²) in [6.45, 7) is 0. The van der Waals surface area contributed by atoms with Crippen molar-refractivity contribution in [3.05, 3.63) is 212 Å². The molecule has 0 spiro atoms. The summed E-state index contributed by atoms with van der Waals surface area (Å²) in [6, 6.07) is 73.5. The van der Waals surface area contributed by atoms with Gasteiger partial charge in [-0.1, -0.05) is 176 Å². The molecule has 12 aromatic rings. The Balaban J connectivity index is 1.22. The monoisotopic (exact) mass is 793 g/mol. The van der Waals surface area contributed by atoms with Gasteiger partial charge in [0.2, 0.25) is 0 Å². The number of benzene rings is 9. The number of nitrogens with zero attached hydrogens (tertiary/aromatic N) is 3. The van der Waals surface area contributed by atoms with Gasteiger partial charge in [-0.2, -0.15) is 0 Å². The highest BCUT2D eigenvalue weighted by Crippen LogP contribution is 2.46. The van der Waals surface area contributed by atoms with Crippen LogP contribution in [0.15, 0.2) is 221 Å².